The molecule has 2 aromatic carbocycles. The van der Waals surface area contributed by atoms with E-state index >= 15 is 0 Å². The maximum Gasteiger partial charge on any atom is 0.356 e. The molecule has 6 heteroatoms. The first-order valence-corrected chi connectivity index (χ1v) is 6.97. The fraction of sp³-hybridized carbons (Fsp3) is 0.125. The van der Waals surface area contributed by atoms with Gasteiger partial charge in [0.2, 0.25) is 0 Å². The van der Waals surface area contributed by atoms with Gasteiger partial charge in [-0.25, -0.2) is 9.13 Å². The number of para-hydroxylation sites is 2. The highest BCUT2D eigenvalue weighted by molar-refractivity contribution is 6.30. The van der Waals surface area contributed by atoms with Crippen LogP contribution in [0.4, 0.5) is 5.95 Å². The fourth-order valence-electron chi connectivity index (χ4n) is 2.44. The topological polar surface area (TPSA) is 51.9 Å². The van der Waals surface area contributed by atoms with E-state index in [9.17, 15) is 4.79 Å². The van der Waals surface area contributed by atoms with E-state index in [1.54, 1.807) is 24.3 Å². The van der Waals surface area contributed by atoms with E-state index in [1.807, 2.05) is 40.4 Å². The van der Waals surface area contributed by atoms with E-state index < -0.39 is 0 Å². The molecule has 0 fully saturated rings. The van der Waals surface area contributed by atoms with Crippen LogP contribution >= 0.6 is 11.6 Å². The van der Waals surface area contributed by atoms with Crippen LogP contribution in [0.1, 0.15) is 10.4 Å². The highest BCUT2D eigenvalue weighted by atomic mass is 79.9. The standard InChI is InChI=1S/C16H14ClN3O.BrH/c1-19-13-4-2-3-5-14(13)20(16(19)18)10-15(21)11-6-8-12(17)9-7-11;/h2-9,18H,10H2,1H3;1H. The average molecular weight is 381 g/mol. The van der Waals surface area contributed by atoms with Gasteiger partial charge in [-0.3, -0.25) is 10.5 Å². The molecular weight excluding hydrogens is 366 g/mol. The van der Waals surface area contributed by atoms with Gasteiger partial charge >= 0.3 is 5.95 Å². The molecule has 0 bridgehead atoms. The highest BCUT2D eigenvalue weighted by Gasteiger charge is 2.20. The van der Waals surface area contributed by atoms with Gasteiger partial charge < -0.3 is 17.0 Å². The van der Waals surface area contributed by atoms with Crippen LogP contribution in [0.2, 0.25) is 5.02 Å². The predicted octanol–water partition coefficient (Wildman–Crippen LogP) is -0.412. The molecule has 0 saturated carbocycles. The van der Waals surface area contributed by atoms with Gasteiger partial charge in [-0.2, -0.15) is 0 Å². The smallest absolute Gasteiger partial charge is 0.356 e. The summed E-state index contributed by atoms with van der Waals surface area (Å²) in [4.78, 5) is 12.4. The summed E-state index contributed by atoms with van der Waals surface area (Å²) >= 11 is 5.84. The SMILES string of the molecule is C[n+]1c(N)n(CC(=O)c2ccc(Cl)cc2)c2ccccc21.[Br-]. The van der Waals surface area contributed by atoms with Crippen LogP contribution in [0.5, 0.6) is 0 Å². The lowest BCUT2D eigenvalue weighted by molar-refractivity contribution is -0.630. The highest BCUT2D eigenvalue weighted by Crippen LogP contribution is 2.17. The van der Waals surface area contributed by atoms with Crippen molar-refractivity contribution < 1.29 is 26.3 Å². The molecule has 4 nitrogen and oxygen atoms in total. The molecule has 114 valence electrons. The van der Waals surface area contributed by atoms with E-state index in [1.165, 1.54) is 0 Å². The maximum absolute atomic E-state index is 12.4. The Morgan fingerprint density at radius 3 is 2.50 bits per heavy atom. The molecule has 1 aromatic heterocycles. The zero-order valence-corrected chi connectivity index (χ0v) is 14.3. The number of Topliss-reactive ketones (excluding diaryl/α,β-unsaturated/α-hetero) is 1. The minimum absolute atomic E-state index is 0. The van der Waals surface area contributed by atoms with E-state index in [0.717, 1.165) is 11.0 Å². The molecule has 0 aliphatic rings. The summed E-state index contributed by atoms with van der Waals surface area (Å²) in [5.41, 5.74) is 8.69. The van der Waals surface area contributed by atoms with Crippen molar-refractivity contribution in [2.75, 3.05) is 5.73 Å². The van der Waals surface area contributed by atoms with Crippen molar-refractivity contribution in [2.45, 2.75) is 6.54 Å². The van der Waals surface area contributed by atoms with Gasteiger partial charge in [0, 0.05) is 10.6 Å². The molecule has 0 amide bonds. The molecule has 3 aromatic rings. The Balaban J connectivity index is 0.00000176. The number of anilines is 1. The van der Waals surface area contributed by atoms with E-state index in [-0.39, 0.29) is 29.3 Å². The number of imidazole rings is 1. The number of aromatic nitrogens is 2. The Labute approximate surface area is 143 Å². The lowest BCUT2D eigenvalue weighted by atomic mass is 10.1. The average Bonchev–Trinajstić information content (AvgIpc) is 2.73. The van der Waals surface area contributed by atoms with Crippen molar-refractivity contribution in [3.8, 4) is 0 Å². The lowest BCUT2D eigenvalue weighted by Gasteiger charge is -2.02. The Hall–Kier alpha value is -1.85. The van der Waals surface area contributed by atoms with Gasteiger partial charge in [-0.15, -0.1) is 0 Å². The molecule has 1 heterocycles. The van der Waals surface area contributed by atoms with E-state index in [2.05, 4.69) is 0 Å². The number of benzene rings is 2. The summed E-state index contributed by atoms with van der Waals surface area (Å²) in [6.45, 7) is 0.203. The van der Waals surface area contributed by atoms with Crippen molar-refractivity contribution in [2.24, 2.45) is 7.05 Å². The number of fused-ring (bicyclic) bond motifs is 1. The summed E-state index contributed by atoms with van der Waals surface area (Å²) < 4.78 is 3.71. The number of nitrogen functional groups attached to an aromatic ring is 1. The molecule has 3 rings (SSSR count). The Bertz CT molecular complexity index is 827. The van der Waals surface area contributed by atoms with Crippen molar-refractivity contribution in [1.82, 2.24) is 4.57 Å². The third-order valence-electron chi connectivity index (χ3n) is 3.62. The second-order valence-corrected chi connectivity index (χ2v) is 5.36. The van der Waals surface area contributed by atoms with Crippen molar-refractivity contribution in [3.05, 3.63) is 59.1 Å². The number of ketones is 1. The van der Waals surface area contributed by atoms with Gasteiger partial charge in [-0.05, 0) is 36.4 Å². The number of hydrogen-bond acceptors (Lipinski definition) is 2. The van der Waals surface area contributed by atoms with Gasteiger partial charge in [0.25, 0.3) is 0 Å². The molecule has 2 N–H and O–H groups in total. The molecule has 0 aliphatic heterocycles. The van der Waals surface area contributed by atoms with Gasteiger partial charge in [0.1, 0.15) is 17.6 Å². The number of nitrogens with zero attached hydrogens (tertiary/aromatic N) is 2. The number of nitrogens with two attached hydrogens (primary N) is 1. The van der Waals surface area contributed by atoms with Crippen LogP contribution in [-0.4, -0.2) is 10.4 Å². The van der Waals surface area contributed by atoms with Crippen LogP contribution in [0.15, 0.2) is 48.5 Å². The second-order valence-electron chi connectivity index (χ2n) is 4.92. The number of halogens is 2. The number of aryl methyl sites for hydroxylation is 1. The quantitative estimate of drug-likeness (QED) is 0.496. The normalized spacial score (nSPS) is 10.5. The van der Waals surface area contributed by atoms with Gasteiger partial charge in [-0.1, -0.05) is 23.7 Å². The van der Waals surface area contributed by atoms with E-state index in [0.29, 0.717) is 16.5 Å². The van der Waals surface area contributed by atoms with Crippen molar-refractivity contribution in [1.29, 1.82) is 0 Å². The Morgan fingerprint density at radius 1 is 1.18 bits per heavy atom. The van der Waals surface area contributed by atoms with Crippen LogP contribution in [0.3, 0.4) is 0 Å². The molecule has 22 heavy (non-hydrogen) atoms. The lowest BCUT2D eigenvalue weighted by Crippen LogP contribution is -3.00. The molecule has 0 spiro atoms. The first kappa shape index (κ1) is 16.5. The zero-order valence-electron chi connectivity index (χ0n) is 12.0. The third kappa shape index (κ3) is 2.87. The number of rotatable bonds is 3. The van der Waals surface area contributed by atoms with Crippen LogP contribution in [-0.2, 0) is 13.6 Å². The summed E-state index contributed by atoms with van der Waals surface area (Å²) in [6.07, 6.45) is 0. The fourth-order valence-corrected chi connectivity index (χ4v) is 2.57. The van der Waals surface area contributed by atoms with Gasteiger partial charge in [0.15, 0.2) is 5.78 Å². The molecule has 0 atom stereocenters. The Kier molecular flexibility index (Phi) is 4.88. The predicted molar refractivity (Wildman–Crippen MR) is 83.3 cm³/mol. The molecular formula is C16H15BrClN3O. The van der Waals surface area contributed by atoms with Crippen LogP contribution < -0.4 is 27.3 Å². The van der Waals surface area contributed by atoms with Crippen molar-refractivity contribution in [3.63, 3.8) is 0 Å². The van der Waals surface area contributed by atoms with Gasteiger partial charge in [0.05, 0.1) is 7.05 Å². The first-order chi connectivity index (χ1) is 10.1. The minimum atomic E-state index is -0.000260. The molecule has 0 saturated heterocycles. The second kappa shape index (κ2) is 6.50. The summed E-state index contributed by atoms with van der Waals surface area (Å²) in [5.74, 6) is 0.554. The van der Waals surface area contributed by atoms with E-state index in [4.69, 9.17) is 17.3 Å². The monoisotopic (exact) mass is 379 g/mol. The van der Waals surface area contributed by atoms with Crippen LogP contribution in [0, 0.1) is 0 Å². The summed E-state index contributed by atoms with van der Waals surface area (Å²) in [6, 6.07) is 14.7. The Morgan fingerprint density at radius 2 is 1.82 bits per heavy atom. The summed E-state index contributed by atoms with van der Waals surface area (Å²) in [5, 5.41) is 0.615. The minimum Gasteiger partial charge on any atom is -1.00 e. The first-order valence-electron chi connectivity index (χ1n) is 6.59. The molecule has 0 unspecified atom stereocenters. The largest absolute Gasteiger partial charge is 1.00 e. The maximum atomic E-state index is 12.4. The third-order valence-corrected chi connectivity index (χ3v) is 3.87. The molecule has 0 radical (unpaired) electrons. The van der Waals surface area contributed by atoms with Crippen LogP contribution in [0.25, 0.3) is 11.0 Å². The number of carbonyl (C=O) groups excluding carboxylic acids is 1. The van der Waals surface area contributed by atoms with Crippen molar-refractivity contribution >= 4 is 34.4 Å². The molecule has 0 aliphatic carbocycles. The number of hydrogen-bond donors (Lipinski definition) is 1. The number of carbonyl (C=O) groups is 1. The summed E-state index contributed by atoms with van der Waals surface area (Å²) in [7, 11) is 1.89. The zero-order chi connectivity index (χ0) is 15.0.